The van der Waals surface area contributed by atoms with Crippen LogP contribution in [-0.2, 0) is 0 Å². The Morgan fingerprint density at radius 2 is 2.06 bits per heavy atom. The fraction of sp³-hybridized carbons (Fsp3) is 0.182. The molecule has 5 heteroatoms. The maximum Gasteiger partial charge on any atom is 0.276 e. The van der Waals surface area contributed by atoms with E-state index < -0.39 is 0 Å². The minimum atomic E-state index is 0.480. The summed E-state index contributed by atoms with van der Waals surface area (Å²) in [6.45, 7) is 0. The molecule has 1 heterocycles. The molecule has 0 amide bonds. The van der Waals surface area contributed by atoms with Crippen molar-refractivity contribution in [3.63, 3.8) is 0 Å². The number of hydrogen-bond donors (Lipinski definition) is 0. The Bertz CT molecular complexity index is 489. The highest BCUT2D eigenvalue weighted by Crippen LogP contribution is 2.22. The average Bonchev–Trinajstić information content (AvgIpc) is 2.79. The Kier molecular flexibility index (Phi) is 3.57. The second-order valence-electron chi connectivity index (χ2n) is 3.00. The van der Waals surface area contributed by atoms with Crippen LogP contribution in [0.3, 0.4) is 0 Å². The van der Waals surface area contributed by atoms with Gasteiger partial charge in [0.2, 0.25) is 5.89 Å². The molecule has 0 fully saturated rings. The second kappa shape index (κ2) is 5.33. The van der Waals surface area contributed by atoms with Crippen LogP contribution in [0.5, 0.6) is 0 Å². The van der Waals surface area contributed by atoms with Crippen LogP contribution in [0, 0.1) is 11.3 Å². The van der Waals surface area contributed by atoms with E-state index in [1.807, 2.05) is 30.3 Å². The van der Waals surface area contributed by atoms with Crippen LogP contribution in [0.2, 0.25) is 0 Å². The molecule has 0 saturated heterocycles. The first-order valence-electron chi connectivity index (χ1n) is 4.79. The number of hydrogen-bond acceptors (Lipinski definition) is 5. The van der Waals surface area contributed by atoms with Gasteiger partial charge < -0.3 is 4.42 Å². The van der Waals surface area contributed by atoms with E-state index in [0.717, 1.165) is 5.56 Å². The lowest BCUT2D eigenvalue weighted by Crippen LogP contribution is -1.76. The predicted molar refractivity (Wildman–Crippen MR) is 60.7 cm³/mol. The van der Waals surface area contributed by atoms with E-state index in [1.54, 1.807) is 0 Å². The van der Waals surface area contributed by atoms with E-state index in [2.05, 4.69) is 16.3 Å². The maximum atomic E-state index is 8.40. The normalized spacial score (nSPS) is 9.94. The largest absolute Gasteiger partial charge is 0.411 e. The third-order valence-corrected chi connectivity index (χ3v) is 2.69. The van der Waals surface area contributed by atoms with Crippen molar-refractivity contribution in [1.82, 2.24) is 10.2 Å². The Balaban J connectivity index is 2.06. The van der Waals surface area contributed by atoms with Gasteiger partial charge in [0, 0.05) is 17.7 Å². The van der Waals surface area contributed by atoms with Crippen molar-refractivity contribution in [2.75, 3.05) is 5.75 Å². The van der Waals surface area contributed by atoms with Gasteiger partial charge in [-0.15, -0.1) is 10.2 Å². The van der Waals surface area contributed by atoms with E-state index in [4.69, 9.17) is 9.68 Å². The van der Waals surface area contributed by atoms with Crippen molar-refractivity contribution in [3.8, 4) is 17.5 Å². The molecule has 0 aliphatic heterocycles. The quantitative estimate of drug-likeness (QED) is 0.598. The Labute approximate surface area is 97.3 Å². The zero-order valence-electron chi connectivity index (χ0n) is 8.46. The monoisotopic (exact) mass is 231 g/mol. The smallest absolute Gasteiger partial charge is 0.276 e. The zero-order chi connectivity index (χ0) is 11.2. The molecule has 1 aromatic carbocycles. The molecule has 0 bridgehead atoms. The Morgan fingerprint density at radius 1 is 1.25 bits per heavy atom. The molecule has 0 aliphatic rings. The highest BCUT2D eigenvalue weighted by atomic mass is 32.2. The number of nitriles is 1. The first-order valence-corrected chi connectivity index (χ1v) is 5.77. The first-order chi connectivity index (χ1) is 7.90. The summed E-state index contributed by atoms with van der Waals surface area (Å²) in [7, 11) is 0. The molecule has 16 heavy (non-hydrogen) atoms. The first kappa shape index (κ1) is 10.7. The van der Waals surface area contributed by atoms with Gasteiger partial charge in [-0.2, -0.15) is 5.26 Å². The molecule has 2 rings (SSSR count). The van der Waals surface area contributed by atoms with E-state index in [1.165, 1.54) is 11.8 Å². The van der Waals surface area contributed by atoms with E-state index in [0.29, 0.717) is 23.3 Å². The number of benzene rings is 1. The van der Waals surface area contributed by atoms with Gasteiger partial charge in [0.05, 0.1) is 6.07 Å². The third kappa shape index (κ3) is 2.61. The number of aromatic nitrogens is 2. The molecule has 0 atom stereocenters. The van der Waals surface area contributed by atoms with Crippen molar-refractivity contribution >= 4 is 11.8 Å². The van der Waals surface area contributed by atoms with Gasteiger partial charge >= 0.3 is 0 Å². The number of thioether (sulfide) groups is 1. The van der Waals surface area contributed by atoms with E-state index >= 15 is 0 Å². The average molecular weight is 231 g/mol. The van der Waals surface area contributed by atoms with Crippen LogP contribution in [0.15, 0.2) is 40.0 Å². The van der Waals surface area contributed by atoms with Gasteiger partial charge in [-0.1, -0.05) is 30.0 Å². The van der Waals surface area contributed by atoms with Crippen molar-refractivity contribution in [1.29, 1.82) is 5.26 Å². The van der Waals surface area contributed by atoms with Crippen molar-refractivity contribution in [2.45, 2.75) is 11.6 Å². The molecule has 0 aliphatic carbocycles. The Morgan fingerprint density at radius 3 is 2.81 bits per heavy atom. The molecule has 2 aromatic rings. The maximum absolute atomic E-state index is 8.40. The van der Waals surface area contributed by atoms with Gasteiger partial charge in [-0.05, 0) is 12.1 Å². The zero-order valence-corrected chi connectivity index (χ0v) is 9.28. The molecule has 4 nitrogen and oxygen atoms in total. The standard InChI is InChI=1S/C11H9N3OS/c12-7-4-8-16-11-14-13-10(15-11)9-5-2-1-3-6-9/h1-3,5-6H,4,8H2. The molecule has 0 unspecified atom stereocenters. The summed E-state index contributed by atoms with van der Waals surface area (Å²) >= 11 is 1.40. The topological polar surface area (TPSA) is 62.7 Å². The predicted octanol–water partition coefficient (Wildman–Crippen LogP) is 2.74. The van der Waals surface area contributed by atoms with Crippen LogP contribution in [0.25, 0.3) is 11.5 Å². The minimum Gasteiger partial charge on any atom is -0.411 e. The molecule has 0 spiro atoms. The molecule has 0 N–H and O–H groups in total. The van der Waals surface area contributed by atoms with Gasteiger partial charge in [-0.3, -0.25) is 0 Å². The molecule has 80 valence electrons. The van der Waals surface area contributed by atoms with Crippen molar-refractivity contribution in [2.24, 2.45) is 0 Å². The van der Waals surface area contributed by atoms with Crippen molar-refractivity contribution in [3.05, 3.63) is 30.3 Å². The third-order valence-electron chi connectivity index (χ3n) is 1.87. The molecule has 0 saturated carbocycles. The fourth-order valence-corrected chi connectivity index (χ4v) is 1.75. The van der Waals surface area contributed by atoms with Crippen LogP contribution in [0.1, 0.15) is 6.42 Å². The summed E-state index contributed by atoms with van der Waals surface area (Å²) in [6.07, 6.45) is 0.480. The van der Waals surface area contributed by atoms with E-state index in [-0.39, 0.29) is 0 Å². The summed E-state index contributed by atoms with van der Waals surface area (Å²) in [6, 6.07) is 11.7. The van der Waals surface area contributed by atoms with Gasteiger partial charge in [0.1, 0.15) is 0 Å². The highest BCUT2D eigenvalue weighted by molar-refractivity contribution is 7.99. The highest BCUT2D eigenvalue weighted by Gasteiger charge is 2.07. The van der Waals surface area contributed by atoms with Crippen LogP contribution >= 0.6 is 11.8 Å². The SMILES string of the molecule is N#CCCSc1nnc(-c2ccccc2)o1. The molecule has 1 aromatic heterocycles. The summed E-state index contributed by atoms with van der Waals surface area (Å²) in [5.74, 6) is 1.19. The summed E-state index contributed by atoms with van der Waals surface area (Å²) in [5, 5.41) is 16.8. The molecular formula is C11H9N3OS. The lowest BCUT2D eigenvalue weighted by Gasteiger charge is -1.92. The fourth-order valence-electron chi connectivity index (χ4n) is 1.15. The summed E-state index contributed by atoms with van der Waals surface area (Å²) < 4.78 is 5.45. The van der Waals surface area contributed by atoms with Crippen LogP contribution in [0.4, 0.5) is 0 Å². The lowest BCUT2D eigenvalue weighted by molar-refractivity contribution is 0.466. The second-order valence-corrected chi connectivity index (χ2v) is 4.04. The Hall–Kier alpha value is -1.80. The lowest BCUT2D eigenvalue weighted by atomic mass is 10.2. The van der Waals surface area contributed by atoms with Crippen LogP contribution < -0.4 is 0 Å². The summed E-state index contributed by atoms with van der Waals surface area (Å²) in [5.41, 5.74) is 0.905. The van der Waals surface area contributed by atoms with E-state index in [9.17, 15) is 0 Å². The molecule has 0 radical (unpaired) electrons. The van der Waals surface area contributed by atoms with Gasteiger partial charge in [-0.25, -0.2) is 0 Å². The number of rotatable bonds is 4. The van der Waals surface area contributed by atoms with Gasteiger partial charge in [0.15, 0.2) is 0 Å². The molecular weight excluding hydrogens is 222 g/mol. The van der Waals surface area contributed by atoms with Crippen molar-refractivity contribution < 1.29 is 4.42 Å². The minimum absolute atomic E-state index is 0.480. The number of nitrogens with zero attached hydrogens (tertiary/aromatic N) is 3. The van der Waals surface area contributed by atoms with Gasteiger partial charge in [0.25, 0.3) is 5.22 Å². The summed E-state index contributed by atoms with van der Waals surface area (Å²) in [4.78, 5) is 0. The van der Waals surface area contributed by atoms with Crippen LogP contribution in [-0.4, -0.2) is 16.0 Å².